The first-order valence-electron chi connectivity index (χ1n) is 5.25. The lowest BCUT2D eigenvalue weighted by atomic mass is 9.93. The van der Waals surface area contributed by atoms with Crippen molar-refractivity contribution in [1.82, 2.24) is 0 Å². The fourth-order valence-electron chi connectivity index (χ4n) is 1.56. The van der Waals surface area contributed by atoms with E-state index in [9.17, 15) is 22.7 Å². The highest BCUT2D eigenvalue weighted by Gasteiger charge is 2.32. The van der Waals surface area contributed by atoms with E-state index in [1.165, 1.54) is 0 Å². The molecular formula is C12H11F4NO. The van der Waals surface area contributed by atoms with E-state index in [1.807, 2.05) is 0 Å². The van der Waals surface area contributed by atoms with Gasteiger partial charge >= 0.3 is 6.18 Å². The first kappa shape index (κ1) is 14.5. The molecule has 0 saturated heterocycles. The van der Waals surface area contributed by atoms with Gasteiger partial charge in [-0.1, -0.05) is 6.92 Å². The van der Waals surface area contributed by atoms with Crippen LogP contribution in [-0.2, 0) is 6.18 Å². The van der Waals surface area contributed by atoms with Crippen molar-refractivity contribution < 1.29 is 22.7 Å². The predicted octanol–water partition coefficient (Wildman–Crippen LogP) is 3.43. The number of hydrogen-bond acceptors (Lipinski definition) is 2. The largest absolute Gasteiger partial charge is 0.416 e. The minimum Gasteiger partial charge on any atom is -0.387 e. The van der Waals surface area contributed by atoms with Gasteiger partial charge in [-0.15, -0.1) is 0 Å². The molecule has 2 nitrogen and oxygen atoms in total. The Balaban J connectivity index is 3.19. The van der Waals surface area contributed by atoms with Crippen LogP contribution in [0.3, 0.4) is 0 Å². The van der Waals surface area contributed by atoms with E-state index < -0.39 is 29.6 Å². The van der Waals surface area contributed by atoms with Crippen LogP contribution in [0.25, 0.3) is 0 Å². The zero-order valence-corrected chi connectivity index (χ0v) is 9.50. The van der Waals surface area contributed by atoms with Crippen LogP contribution in [0.1, 0.15) is 30.6 Å². The maximum atomic E-state index is 13.1. The molecule has 0 spiro atoms. The summed E-state index contributed by atoms with van der Waals surface area (Å²) in [6.45, 7) is 1.61. The molecule has 1 aromatic rings. The molecule has 18 heavy (non-hydrogen) atoms. The monoisotopic (exact) mass is 261 g/mol. The highest BCUT2D eigenvalue weighted by atomic mass is 19.4. The Kier molecular flexibility index (Phi) is 4.30. The Labute approximate surface area is 101 Å². The van der Waals surface area contributed by atoms with E-state index >= 15 is 0 Å². The lowest BCUT2D eigenvalue weighted by molar-refractivity contribution is -0.137. The molecule has 0 aliphatic rings. The van der Waals surface area contributed by atoms with Gasteiger partial charge in [-0.2, -0.15) is 18.4 Å². The van der Waals surface area contributed by atoms with Crippen LogP contribution in [0, 0.1) is 23.1 Å². The standard InChI is InChI=1S/C12H11F4NO/c1-2-7(6-17)11(18)8-3-9(12(14,15)16)5-10(13)4-8/h3-5,7,11,18H,2H2,1H3. The average molecular weight is 261 g/mol. The van der Waals surface area contributed by atoms with Crippen molar-refractivity contribution in [3.05, 3.63) is 35.1 Å². The van der Waals surface area contributed by atoms with E-state index in [4.69, 9.17) is 5.26 Å². The van der Waals surface area contributed by atoms with E-state index in [0.717, 1.165) is 6.07 Å². The fraction of sp³-hybridized carbons (Fsp3) is 0.417. The van der Waals surface area contributed by atoms with Gasteiger partial charge in [-0.05, 0) is 30.2 Å². The number of nitrogens with zero attached hydrogens (tertiary/aromatic N) is 1. The van der Waals surface area contributed by atoms with Gasteiger partial charge < -0.3 is 5.11 Å². The van der Waals surface area contributed by atoms with Crippen LogP contribution in [0.2, 0.25) is 0 Å². The highest BCUT2D eigenvalue weighted by Crippen LogP contribution is 2.33. The Morgan fingerprint density at radius 1 is 1.33 bits per heavy atom. The van der Waals surface area contributed by atoms with E-state index in [0.29, 0.717) is 12.1 Å². The molecule has 1 N–H and O–H groups in total. The summed E-state index contributed by atoms with van der Waals surface area (Å²) in [4.78, 5) is 0. The number of alkyl halides is 3. The second-order valence-corrected chi connectivity index (χ2v) is 3.86. The molecule has 0 fully saturated rings. The molecule has 0 aliphatic heterocycles. The Hall–Kier alpha value is -1.61. The van der Waals surface area contributed by atoms with E-state index in [2.05, 4.69) is 0 Å². The first-order valence-corrected chi connectivity index (χ1v) is 5.25. The third-order valence-corrected chi connectivity index (χ3v) is 2.58. The van der Waals surface area contributed by atoms with Crippen LogP contribution in [0.15, 0.2) is 18.2 Å². The Morgan fingerprint density at radius 2 is 1.94 bits per heavy atom. The van der Waals surface area contributed by atoms with Gasteiger partial charge in [0.1, 0.15) is 5.82 Å². The summed E-state index contributed by atoms with van der Waals surface area (Å²) in [5, 5.41) is 18.5. The third-order valence-electron chi connectivity index (χ3n) is 2.58. The summed E-state index contributed by atoms with van der Waals surface area (Å²) in [5.41, 5.74) is -1.42. The Bertz CT molecular complexity index is 464. The second-order valence-electron chi connectivity index (χ2n) is 3.86. The van der Waals surface area contributed by atoms with Gasteiger partial charge in [0.25, 0.3) is 0 Å². The van der Waals surface area contributed by atoms with Gasteiger partial charge in [0.05, 0.1) is 23.7 Å². The molecule has 0 radical (unpaired) electrons. The molecule has 0 amide bonds. The summed E-state index contributed by atoms with van der Waals surface area (Å²) in [5.74, 6) is -1.96. The quantitative estimate of drug-likeness (QED) is 0.847. The maximum Gasteiger partial charge on any atom is 0.416 e. The maximum absolute atomic E-state index is 13.1. The molecule has 0 aliphatic carbocycles. The molecule has 98 valence electrons. The number of hydrogen-bond donors (Lipinski definition) is 1. The van der Waals surface area contributed by atoms with Gasteiger partial charge in [0.15, 0.2) is 0 Å². The number of halogens is 4. The van der Waals surface area contributed by atoms with Crippen molar-refractivity contribution in [2.45, 2.75) is 25.6 Å². The minimum atomic E-state index is -4.69. The minimum absolute atomic E-state index is 0.240. The fourth-order valence-corrected chi connectivity index (χ4v) is 1.56. The van der Waals surface area contributed by atoms with Crippen molar-refractivity contribution in [2.75, 3.05) is 0 Å². The molecule has 2 unspecified atom stereocenters. The first-order chi connectivity index (χ1) is 8.29. The van der Waals surface area contributed by atoms with E-state index in [1.54, 1.807) is 13.0 Å². The van der Waals surface area contributed by atoms with Gasteiger partial charge in [0.2, 0.25) is 0 Å². The third kappa shape index (κ3) is 3.20. The number of benzene rings is 1. The topological polar surface area (TPSA) is 44.0 Å². The number of rotatable bonds is 3. The van der Waals surface area contributed by atoms with Crippen molar-refractivity contribution in [3.8, 4) is 6.07 Å². The van der Waals surface area contributed by atoms with Crippen LogP contribution in [0.4, 0.5) is 17.6 Å². The molecule has 0 aromatic heterocycles. The molecule has 0 heterocycles. The zero-order valence-electron chi connectivity index (χ0n) is 9.50. The summed E-state index contributed by atoms with van der Waals surface area (Å²) >= 11 is 0. The summed E-state index contributed by atoms with van der Waals surface area (Å²) in [6, 6.07) is 3.59. The molecule has 1 rings (SSSR count). The van der Waals surface area contributed by atoms with Crippen molar-refractivity contribution in [3.63, 3.8) is 0 Å². The van der Waals surface area contributed by atoms with Crippen molar-refractivity contribution >= 4 is 0 Å². The van der Waals surface area contributed by atoms with Crippen molar-refractivity contribution in [1.29, 1.82) is 5.26 Å². The second kappa shape index (κ2) is 5.36. The number of aliphatic hydroxyl groups excluding tert-OH is 1. The smallest absolute Gasteiger partial charge is 0.387 e. The normalized spacial score (nSPS) is 14.9. The van der Waals surface area contributed by atoms with Gasteiger partial charge in [0, 0.05) is 0 Å². The van der Waals surface area contributed by atoms with E-state index in [-0.39, 0.29) is 12.0 Å². The van der Waals surface area contributed by atoms with Crippen LogP contribution < -0.4 is 0 Å². The molecule has 0 saturated carbocycles. The van der Waals surface area contributed by atoms with Gasteiger partial charge in [-0.3, -0.25) is 0 Å². The molecule has 0 bridgehead atoms. The predicted molar refractivity (Wildman–Crippen MR) is 55.8 cm³/mol. The summed E-state index contributed by atoms with van der Waals surface area (Å²) in [7, 11) is 0. The Morgan fingerprint density at radius 3 is 2.39 bits per heavy atom. The highest BCUT2D eigenvalue weighted by molar-refractivity contribution is 5.29. The molecule has 1 aromatic carbocycles. The lowest BCUT2D eigenvalue weighted by Gasteiger charge is -2.17. The lowest BCUT2D eigenvalue weighted by Crippen LogP contribution is -2.13. The summed E-state index contributed by atoms with van der Waals surface area (Å²) in [6.07, 6.45) is -5.86. The molecule has 6 heteroatoms. The SMILES string of the molecule is CCC(C#N)C(O)c1cc(F)cc(C(F)(F)F)c1. The van der Waals surface area contributed by atoms with Crippen molar-refractivity contribution in [2.24, 2.45) is 5.92 Å². The van der Waals surface area contributed by atoms with Crippen LogP contribution in [-0.4, -0.2) is 5.11 Å². The van der Waals surface area contributed by atoms with Crippen LogP contribution in [0.5, 0.6) is 0 Å². The number of aliphatic hydroxyl groups is 1. The average Bonchev–Trinajstić information content (AvgIpc) is 2.28. The summed E-state index contributed by atoms with van der Waals surface area (Å²) < 4.78 is 50.5. The molecular weight excluding hydrogens is 250 g/mol. The zero-order chi connectivity index (χ0) is 13.9. The number of nitriles is 1. The van der Waals surface area contributed by atoms with Gasteiger partial charge in [-0.25, -0.2) is 4.39 Å². The van der Waals surface area contributed by atoms with Crippen LogP contribution >= 0.6 is 0 Å². The molecule has 2 atom stereocenters.